The molecule has 1 unspecified atom stereocenters. The summed E-state index contributed by atoms with van der Waals surface area (Å²) in [4.78, 5) is 17.3. The van der Waals surface area contributed by atoms with Crippen molar-refractivity contribution in [3.05, 3.63) is 56.3 Å². The number of hydrogen-bond acceptors (Lipinski definition) is 5. The summed E-state index contributed by atoms with van der Waals surface area (Å²) in [7, 11) is 0. The Kier molecular flexibility index (Phi) is 3.63. The van der Waals surface area contributed by atoms with Gasteiger partial charge in [-0.05, 0) is 34.9 Å². The lowest BCUT2D eigenvalue weighted by Gasteiger charge is -2.36. The largest absolute Gasteiger partial charge is 0.494 e. The van der Waals surface area contributed by atoms with Gasteiger partial charge in [0.05, 0.1) is 6.04 Å². The highest BCUT2D eigenvalue weighted by Crippen LogP contribution is 2.40. The fourth-order valence-corrected chi connectivity index (χ4v) is 4.67. The second-order valence-electron chi connectivity index (χ2n) is 5.17. The lowest BCUT2D eigenvalue weighted by atomic mass is 9.98. The second kappa shape index (κ2) is 5.78. The lowest BCUT2D eigenvalue weighted by molar-refractivity contribution is -0.134. The van der Waals surface area contributed by atoms with Crippen molar-refractivity contribution >= 4 is 28.6 Å². The third kappa shape index (κ3) is 2.32. The molecular weight excluding hydrogens is 318 g/mol. The number of hydrogen-bond donors (Lipinski definition) is 0. The van der Waals surface area contributed by atoms with Crippen LogP contribution in [0.25, 0.3) is 0 Å². The number of thiophene rings is 2. The van der Waals surface area contributed by atoms with E-state index in [1.807, 2.05) is 11.0 Å². The first kappa shape index (κ1) is 13.8. The summed E-state index contributed by atoms with van der Waals surface area (Å²) in [6.07, 6.45) is 2.34. The van der Waals surface area contributed by atoms with E-state index in [9.17, 15) is 4.79 Å². The molecule has 4 rings (SSSR count). The van der Waals surface area contributed by atoms with Gasteiger partial charge in [0.1, 0.15) is 19.5 Å². The van der Waals surface area contributed by atoms with Crippen LogP contribution >= 0.6 is 22.7 Å². The molecule has 0 N–H and O–H groups in total. The predicted octanol–water partition coefficient (Wildman–Crippen LogP) is 3.17. The molecule has 0 aromatic carbocycles. The van der Waals surface area contributed by atoms with E-state index in [2.05, 4.69) is 22.9 Å². The zero-order valence-corrected chi connectivity index (χ0v) is 13.5. The fraction of sp³-hybridized carbons (Fsp3) is 0.312. The Balaban J connectivity index is 1.72. The van der Waals surface area contributed by atoms with Crippen LogP contribution in [0.4, 0.5) is 0 Å². The Morgan fingerprint density at radius 2 is 2.18 bits per heavy atom. The van der Waals surface area contributed by atoms with E-state index >= 15 is 0 Å². The molecule has 2 aromatic rings. The molecule has 22 heavy (non-hydrogen) atoms. The zero-order chi connectivity index (χ0) is 14.9. The normalized spacial score (nSPS) is 20.6. The molecule has 0 aliphatic carbocycles. The van der Waals surface area contributed by atoms with Gasteiger partial charge in [-0.1, -0.05) is 6.07 Å². The minimum atomic E-state index is -0.0880. The average Bonchev–Trinajstić information content (AvgIpc) is 3.25. The van der Waals surface area contributed by atoms with E-state index in [4.69, 9.17) is 9.47 Å². The van der Waals surface area contributed by atoms with Crippen molar-refractivity contribution in [1.29, 1.82) is 0 Å². The number of carbonyl (C=O) groups excluding carboxylic acids is 1. The summed E-state index contributed by atoms with van der Waals surface area (Å²) in [5, 5.41) is 4.16. The van der Waals surface area contributed by atoms with Gasteiger partial charge in [-0.3, -0.25) is 4.79 Å². The summed E-state index contributed by atoms with van der Waals surface area (Å²) < 4.78 is 10.7. The standard InChI is InChI=1S/C16H15NO3S2/c18-16(12-10-19-6-7-20-12)17-5-3-13-11(4-9-22-13)15(17)14-2-1-8-21-14/h1-2,4,8-10,15H,3,5-7H2. The Morgan fingerprint density at radius 3 is 2.95 bits per heavy atom. The number of nitrogens with zero attached hydrogens (tertiary/aromatic N) is 1. The van der Waals surface area contributed by atoms with Crippen LogP contribution in [0.2, 0.25) is 0 Å². The molecule has 4 heterocycles. The number of fused-ring (bicyclic) bond motifs is 1. The van der Waals surface area contributed by atoms with Crippen LogP contribution in [0.15, 0.2) is 41.0 Å². The fourth-order valence-electron chi connectivity index (χ4n) is 2.91. The molecule has 2 aliphatic rings. The predicted molar refractivity (Wildman–Crippen MR) is 85.9 cm³/mol. The molecule has 2 aliphatic heterocycles. The molecule has 1 amide bonds. The third-order valence-electron chi connectivity index (χ3n) is 3.90. The van der Waals surface area contributed by atoms with E-state index in [0.29, 0.717) is 25.5 Å². The van der Waals surface area contributed by atoms with Gasteiger partial charge in [0, 0.05) is 16.3 Å². The van der Waals surface area contributed by atoms with Crippen molar-refractivity contribution in [1.82, 2.24) is 4.90 Å². The van der Waals surface area contributed by atoms with Crippen LogP contribution in [0.5, 0.6) is 0 Å². The molecule has 4 nitrogen and oxygen atoms in total. The Hall–Kier alpha value is -1.79. The van der Waals surface area contributed by atoms with Crippen molar-refractivity contribution in [2.24, 2.45) is 0 Å². The minimum absolute atomic E-state index is 0.0195. The summed E-state index contributed by atoms with van der Waals surface area (Å²) in [6.45, 7) is 1.63. The first-order chi connectivity index (χ1) is 10.8. The summed E-state index contributed by atoms with van der Waals surface area (Å²) in [6, 6.07) is 6.24. The summed E-state index contributed by atoms with van der Waals surface area (Å²) in [5.41, 5.74) is 1.24. The van der Waals surface area contributed by atoms with Gasteiger partial charge in [0.15, 0.2) is 0 Å². The Labute approximate surface area is 136 Å². The Bertz CT molecular complexity index is 705. The maximum absolute atomic E-state index is 12.9. The first-order valence-corrected chi connectivity index (χ1v) is 8.96. The highest BCUT2D eigenvalue weighted by molar-refractivity contribution is 7.10. The zero-order valence-electron chi connectivity index (χ0n) is 11.9. The van der Waals surface area contributed by atoms with Gasteiger partial charge >= 0.3 is 0 Å². The molecule has 0 saturated heterocycles. The molecule has 1 atom stereocenters. The SMILES string of the molecule is O=C(C1=COCCO1)N1CCc2sccc2C1c1cccs1. The molecule has 0 saturated carbocycles. The van der Waals surface area contributed by atoms with E-state index in [1.165, 1.54) is 21.6 Å². The van der Waals surface area contributed by atoms with Gasteiger partial charge in [-0.2, -0.15) is 0 Å². The quantitative estimate of drug-likeness (QED) is 0.847. The van der Waals surface area contributed by atoms with Gasteiger partial charge < -0.3 is 14.4 Å². The minimum Gasteiger partial charge on any atom is -0.494 e. The van der Waals surface area contributed by atoms with Crippen LogP contribution in [-0.2, 0) is 20.7 Å². The average molecular weight is 333 g/mol. The first-order valence-electron chi connectivity index (χ1n) is 7.20. The summed E-state index contributed by atoms with van der Waals surface area (Å²) >= 11 is 3.46. The van der Waals surface area contributed by atoms with Gasteiger partial charge in [0.2, 0.25) is 5.76 Å². The molecule has 0 radical (unpaired) electrons. The van der Waals surface area contributed by atoms with Crippen molar-refractivity contribution in [2.75, 3.05) is 19.8 Å². The van der Waals surface area contributed by atoms with Crippen molar-refractivity contribution < 1.29 is 14.3 Å². The molecule has 2 aromatic heterocycles. The van der Waals surface area contributed by atoms with Crippen LogP contribution in [0, 0.1) is 0 Å². The molecule has 6 heteroatoms. The maximum atomic E-state index is 12.9. The molecule has 0 spiro atoms. The van der Waals surface area contributed by atoms with Crippen LogP contribution in [0.1, 0.15) is 21.4 Å². The smallest absolute Gasteiger partial charge is 0.293 e. The van der Waals surface area contributed by atoms with Crippen LogP contribution in [0.3, 0.4) is 0 Å². The number of ether oxygens (including phenoxy) is 2. The second-order valence-corrected chi connectivity index (χ2v) is 7.15. The van der Waals surface area contributed by atoms with Crippen molar-refractivity contribution in [3.63, 3.8) is 0 Å². The number of amides is 1. The molecular formula is C16H15NO3S2. The summed E-state index contributed by atoms with van der Waals surface area (Å²) in [5.74, 6) is 0.224. The molecule has 0 bridgehead atoms. The topological polar surface area (TPSA) is 38.8 Å². The van der Waals surface area contributed by atoms with Crippen molar-refractivity contribution in [3.8, 4) is 0 Å². The van der Waals surface area contributed by atoms with E-state index in [0.717, 1.165) is 6.42 Å². The van der Waals surface area contributed by atoms with Crippen LogP contribution in [-0.4, -0.2) is 30.6 Å². The monoisotopic (exact) mass is 333 g/mol. The molecule has 0 fully saturated rings. The number of carbonyl (C=O) groups is 1. The van der Waals surface area contributed by atoms with E-state index < -0.39 is 0 Å². The van der Waals surface area contributed by atoms with Crippen molar-refractivity contribution in [2.45, 2.75) is 12.5 Å². The molecule has 114 valence electrons. The van der Waals surface area contributed by atoms with Gasteiger partial charge in [-0.15, -0.1) is 22.7 Å². The van der Waals surface area contributed by atoms with E-state index in [1.54, 1.807) is 22.7 Å². The Morgan fingerprint density at radius 1 is 1.23 bits per heavy atom. The highest BCUT2D eigenvalue weighted by atomic mass is 32.1. The van der Waals surface area contributed by atoms with Gasteiger partial charge in [0.25, 0.3) is 5.91 Å². The van der Waals surface area contributed by atoms with Gasteiger partial charge in [-0.25, -0.2) is 0 Å². The lowest BCUT2D eigenvalue weighted by Crippen LogP contribution is -2.41. The number of rotatable bonds is 2. The highest BCUT2D eigenvalue weighted by Gasteiger charge is 2.35. The van der Waals surface area contributed by atoms with E-state index in [-0.39, 0.29) is 11.9 Å². The maximum Gasteiger partial charge on any atom is 0.293 e. The van der Waals surface area contributed by atoms with Crippen LogP contribution < -0.4 is 0 Å². The third-order valence-corrected chi connectivity index (χ3v) is 5.82.